The van der Waals surface area contributed by atoms with E-state index >= 15 is 0 Å². The fourth-order valence-corrected chi connectivity index (χ4v) is 4.24. The first-order chi connectivity index (χ1) is 17.0. The Bertz CT molecular complexity index is 1410. The van der Waals surface area contributed by atoms with Crippen LogP contribution in [0.1, 0.15) is 29.2 Å². The first-order valence-electron chi connectivity index (χ1n) is 11.2. The minimum absolute atomic E-state index is 0.0722. The molecule has 10 heteroatoms. The molecule has 35 heavy (non-hydrogen) atoms. The summed E-state index contributed by atoms with van der Waals surface area (Å²) >= 11 is 0. The van der Waals surface area contributed by atoms with Crippen molar-refractivity contribution in [3.05, 3.63) is 73.2 Å². The third-order valence-corrected chi connectivity index (χ3v) is 6.34. The van der Waals surface area contributed by atoms with Gasteiger partial charge in [0, 0.05) is 30.4 Å². The summed E-state index contributed by atoms with van der Waals surface area (Å²) in [4.78, 5) is 39.0. The highest BCUT2D eigenvalue weighted by Gasteiger charge is 2.37. The number of rotatable bonds is 6. The molecule has 3 aromatic heterocycles. The number of anilines is 2. The van der Waals surface area contributed by atoms with Crippen LogP contribution in [0.5, 0.6) is 0 Å². The predicted molar refractivity (Wildman–Crippen MR) is 132 cm³/mol. The second-order valence-corrected chi connectivity index (χ2v) is 8.44. The van der Waals surface area contributed by atoms with Gasteiger partial charge in [-0.15, -0.1) is 0 Å². The normalized spacial score (nSPS) is 16.9. The van der Waals surface area contributed by atoms with Gasteiger partial charge >= 0.3 is 0 Å². The highest BCUT2D eigenvalue weighted by molar-refractivity contribution is 6.04. The second-order valence-electron chi connectivity index (χ2n) is 8.44. The van der Waals surface area contributed by atoms with E-state index in [0.717, 1.165) is 18.4 Å². The van der Waals surface area contributed by atoms with Crippen LogP contribution in [0.4, 0.5) is 11.6 Å². The summed E-state index contributed by atoms with van der Waals surface area (Å²) in [6, 6.07) is 12.7. The molecule has 2 amide bonds. The van der Waals surface area contributed by atoms with Crippen LogP contribution < -0.4 is 11.1 Å². The van der Waals surface area contributed by atoms with E-state index < -0.39 is 0 Å². The standard InChI is InChI=1S/C25H24N8O2/c1-3-20(34)32(2)17-11-18(12-17)33-24-21(23(26)28-14-29-24)22(31-33)16-9-10-19(27-13-16)30-25(35)15-7-5-4-6-8-15/h3-10,13-14,17-18H,1,11-12H2,2H3,(H2,26,28,29)(H,27,30,35)/t17-,18+. The van der Waals surface area contributed by atoms with Gasteiger partial charge in [-0.2, -0.15) is 5.10 Å². The van der Waals surface area contributed by atoms with E-state index in [1.807, 2.05) is 16.8 Å². The maximum atomic E-state index is 12.4. The first kappa shape index (κ1) is 22.2. The van der Waals surface area contributed by atoms with E-state index in [9.17, 15) is 9.59 Å². The lowest BCUT2D eigenvalue weighted by molar-refractivity contribution is -0.129. The van der Waals surface area contributed by atoms with Crippen molar-refractivity contribution < 1.29 is 9.59 Å². The molecule has 0 bridgehead atoms. The van der Waals surface area contributed by atoms with Gasteiger partial charge in [-0.3, -0.25) is 9.59 Å². The zero-order valence-electron chi connectivity index (χ0n) is 19.1. The number of amides is 2. The van der Waals surface area contributed by atoms with Crippen molar-refractivity contribution in [1.82, 2.24) is 29.6 Å². The van der Waals surface area contributed by atoms with Crippen LogP contribution in [-0.2, 0) is 4.79 Å². The number of hydrogen-bond donors (Lipinski definition) is 2. The monoisotopic (exact) mass is 468 g/mol. The summed E-state index contributed by atoms with van der Waals surface area (Å²) in [6.07, 6.45) is 5.88. The Labute approximate surface area is 201 Å². The molecule has 0 unspecified atom stereocenters. The quantitative estimate of drug-likeness (QED) is 0.416. The average Bonchev–Trinajstić information content (AvgIpc) is 3.24. The summed E-state index contributed by atoms with van der Waals surface area (Å²) in [5.41, 5.74) is 8.74. The van der Waals surface area contributed by atoms with E-state index in [0.29, 0.717) is 33.9 Å². The van der Waals surface area contributed by atoms with E-state index in [-0.39, 0.29) is 23.9 Å². The maximum Gasteiger partial charge on any atom is 0.256 e. The summed E-state index contributed by atoms with van der Waals surface area (Å²) in [6.45, 7) is 3.56. The van der Waals surface area contributed by atoms with E-state index in [1.54, 1.807) is 48.5 Å². The molecule has 0 aliphatic heterocycles. The Kier molecular flexibility index (Phi) is 5.69. The number of nitrogen functional groups attached to an aromatic ring is 1. The number of carbonyl (C=O) groups is 2. The molecule has 1 fully saturated rings. The number of pyridine rings is 1. The van der Waals surface area contributed by atoms with Crippen molar-refractivity contribution in [2.75, 3.05) is 18.1 Å². The number of likely N-dealkylation sites (N-methyl/N-ethyl adjacent to an activating group) is 1. The van der Waals surface area contributed by atoms with E-state index in [1.165, 1.54) is 12.4 Å². The zero-order valence-corrected chi connectivity index (χ0v) is 19.1. The molecule has 0 spiro atoms. The average molecular weight is 469 g/mol. The number of nitrogens with zero attached hydrogens (tertiary/aromatic N) is 6. The van der Waals surface area contributed by atoms with Crippen molar-refractivity contribution in [2.24, 2.45) is 0 Å². The Morgan fingerprint density at radius 3 is 2.60 bits per heavy atom. The second kappa shape index (κ2) is 8.98. The Balaban J connectivity index is 1.41. The zero-order chi connectivity index (χ0) is 24.5. The molecule has 0 atom stereocenters. The molecule has 0 saturated heterocycles. The smallest absolute Gasteiger partial charge is 0.256 e. The molecule has 5 rings (SSSR count). The minimum atomic E-state index is -0.238. The lowest BCUT2D eigenvalue weighted by Gasteiger charge is -2.40. The van der Waals surface area contributed by atoms with Gasteiger partial charge in [0.15, 0.2) is 5.65 Å². The molecule has 3 N–H and O–H groups in total. The Morgan fingerprint density at radius 1 is 1.14 bits per heavy atom. The number of hydrogen-bond acceptors (Lipinski definition) is 7. The van der Waals surface area contributed by atoms with Crippen LogP contribution in [0, 0.1) is 0 Å². The van der Waals surface area contributed by atoms with E-state index in [4.69, 9.17) is 10.8 Å². The maximum absolute atomic E-state index is 12.4. The number of nitrogens with two attached hydrogens (primary N) is 1. The highest BCUT2D eigenvalue weighted by atomic mass is 16.2. The van der Waals surface area contributed by atoms with Crippen LogP contribution >= 0.6 is 0 Å². The summed E-state index contributed by atoms with van der Waals surface area (Å²) in [5.74, 6) is 0.411. The number of benzene rings is 1. The van der Waals surface area contributed by atoms with Crippen LogP contribution in [-0.4, -0.2) is 54.5 Å². The largest absolute Gasteiger partial charge is 0.383 e. The number of carbonyl (C=O) groups excluding carboxylic acids is 2. The van der Waals surface area contributed by atoms with Crippen molar-refractivity contribution in [3.8, 4) is 11.3 Å². The van der Waals surface area contributed by atoms with Crippen LogP contribution in [0.25, 0.3) is 22.3 Å². The lowest BCUT2D eigenvalue weighted by Crippen LogP contribution is -2.45. The summed E-state index contributed by atoms with van der Waals surface area (Å²) in [7, 11) is 1.78. The molecule has 4 aromatic rings. The summed E-state index contributed by atoms with van der Waals surface area (Å²) < 4.78 is 1.86. The van der Waals surface area contributed by atoms with Crippen molar-refractivity contribution >= 4 is 34.5 Å². The molecular formula is C25H24N8O2. The molecule has 1 saturated carbocycles. The third-order valence-electron chi connectivity index (χ3n) is 6.34. The summed E-state index contributed by atoms with van der Waals surface area (Å²) in [5, 5.41) is 8.26. The fraction of sp³-hybridized carbons (Fsp3) is 0.200. The van der Waals surface area contributed by atoms with Gasteiger partial charge in [-0.1, -0.05) is 24.8 Å². The number of fused-ring (bicyclic) bond motifs is 1. The van der Waals surface area contributed by atoms with Crippen LogP contribution in [0.15, 0.2) is 67.6 Å². The molecule has 1 aliphatic carbocycles. The third kappa shape index (κ3) is 4.10. The van der Waals surface area contributed by atoms with Gasteiger partial charge in [0.1, 0.15) is 23.7 Å². The molecular weight excluding hydrogens is 444 g/mol. The molecule has 176 valence electrons. The van der Waals surface area contributed by atoms with Crippen molar-refractivity contribution in [1.29, 1.82) is 0 Å². The molecule has 1 aromatic carbocycles. The highest BCUT2D eigenvalue weighted by Crippen LogP contribution is 2.39. The number of aromatic nitrogens is 5. The molecule has 10 nitrogen and oxygen atoms in total. The lowest BCUT2D eigenvalue weighted by atomic mass is 9.85. The molecule has 1 aliphatic rings. The van der Waals surface area contributed by atoms with Gasteiger partial charge in [0.05, 0.1) is 11.4 Å². The Hall–Kier alpha value is -4.60. The van der Waals surface area contributed by atoms with Gasteiger partial charge in [0.25, 0.3) is 5.91 Å². The fourth-order valence-electron chi connectivity index (χ4n) is 4.24. The van der Waals surface area contributed by atoms with Gasteiger partial charge in [0.2, 0.25) is 5.91 Å². The van der Waals surface area contributed by atoms with Crippen LogP contribution in [0.2, 0.25) is 0 Å². The Morgan fingerprint density at radius 2 is 1.91 bits per heavy atom. The predicted octanol–water partition coefficient (Wildman–Crippen LogP) is 3.07. The number of nitrogens with one attached hydrogen (secondary N) is 1. The van der Waals surface area contributed by atoms with Gasteiger partial charge in [-0.25, -0.2) is 19.6 Å². The molecule has 3 heterocycles. The van der Waals surface area contributed by atoms with Crippen LogP contribution in [0.3, 0.4) is 0 Å². The van der Waals surface area contributed by atoms with Gasteiger partial charge < -0.3 is 16.0 Å². The van der Waals surface area contributed by atoms with E-state index in [2.05, 4.69) is 26.8 Å². The topological polar surface area (TPSA) is 132 Å². The minimum Gasteiger partial charge on any atom is -0.383 e. The SMILES string of the molecule is C=CC(=O)N(C)[C@H]1C[C@@H](n2nc(-c3ccc(NC(=O)c4ccccc4)nc3)c3c(N)ncnc32)C1. The first-order valence-corrected chi connectivity index (χ1v) is 11.2. The van der Waals surface area contributed by atoms with Gasteiger partial charge in [-0.05, 0) is 43.2 Å². The van der Waals surface area contributed by atoms with Crippen molar-refractivity contribution in [3.63, 3.8) is 0 Å². The van der Waals surface area contributed by atoms with Crippen molar-refractivity contribution in [2.45, 2.75) is 24.9 Å². The molecule has 0 radical (unpaired) electrons.